The average Bonchev–Trinajstić information content (AvgIpc) is 3.03. The molecule has 1 unspecified atom stereocenters. The smallest absolute Gasteiger partial charge is 0.305 e. The molecule has 1 aliphatic heterocycles. The lowest BCUT2D eigenvalue weighted by Crippen LogP contribution is -2.37. The number of likely N-dealkylation sites (tertiary alicyclic amines) is 1. The third-order valence-electron chi connectivity index (χ3n) is 4.30. The van der Waals surface area contributed by atoms with Gasteiger partial charge in [-0.05, 0) is 18.9 Å². The van der Waals surface area contributed by atoms with Gasteiger partial charge in [-0.25, -0.2) is 0 Å². The number of nitrogens with zero attached hydrogens (tertiary/aromatic N) is 2. The molecule has 2 aromatic rings. The summed E-state index contributed by atoms with van der Waals surface area (Å²) in [6.07, 6.45) is 1.53. The maximum Gasteiger partial charge on any atom is 0.305 e. The average molecular weight is 321 g/mol. The molecule has 0 spiro atoms. The van der Waals surface area contributed by atoms with Gasteiger partial charge in [0.05, 0.1) is 11.4 Å². The lowest BCUT2D eigenvalue weighted by atomic mass is 10.1. The topological polar surface area (TPSA) is 62.5 Å². The molecular weight excluding hydrogens is 304 g/mol. The zero-order valence-electron chi connectivity index (χ0n) is 12.3. The fraction of sp³-hybridized carbons (Fsp3) is 0.375. The number of carboxylic acids is 1. The second-order valence-electron chi connectivity index (χ2n) is 5.63. The molecule has 1 N–H and O–H groups in total. The highest BCUT2D eigenvalue weighted by Crippen LogP contribution is 2.32. The number of carbonyl (C=O) groups excluding carboxylic acids is 1. The molecule has 0 radical (unpaired) electrons. The van der Waals surface area contributed by atoms with Gasteiger partial charge in [0.1, 0.15) is 5.69 Å². The molecule has 22 heavy (non-hydrogen) atoms. The van der Waals surface area contributed by atoms with Crippen LogP contribution in [0.15, 0.2) is 24.3 Å². The standard InChI is InChI=1S/C16H17ClN2O3/c1-18-12-7-3-2-6-11(12)14(17)15(18)16(22)19-8-4-5-10(19)9-13(20)21/h2-3,6-7,10H,4-5,8-9H2,1H3,(H,20,21). The van der Waals surface area contributed by atoms with Crippen LogP contribution in [0.2, 0.25) is 5.02 Å². The van der Waals surface area contributed by atoms with Crippen molar-refractivity contribution in [1.29, 1.82) is 0 Å². The van der Waals surface area contributed by atoms with E-state index < -0.39 is 5.97 Å². The lowest BCUT2D eigenvalue weighted by Gasteiger charge is -2.24. The first-order valence-electron chi connectivity index (χ1n) is 7.26. The van der Waals surface area contributed by atoms with E-state index in [1.165, 1.54) is 0 Å². The fourth-order valence-corrected chi connectivity index (χ4v) is 3.60. The Hall–Kier alpha value is -2.01. The largest absolute Gasteiger partial charge is 0.481 e. The Balaban J connectivity index is 2.00. The molecule has 1 aromatic heterocycles. The van der Waals surface area contributed by atoms with Gasteiger partial charge in [-0.1, -0.05) is 29.8 Å². The summed E-state index contributed by atoms with van der Waals surface area (Å²) in [5.74, 6) is -1.07. The Morgan fingerprint density at radius 3 is 2.77 bits per heavy atom. The predicted octanol–water partition coefficient (Wildman–Crippen LogP) is 2.91. The van der Waals surface area contributed by atoms with Crippen molar-refractivity contribution < 1.29 is 14.7 Å². The number of hydrogen-bond donors (Lipinski definition) is 1. The van der Waals surface area contributed by atoms with Crippen LogP contribution in [0.4, 0.5) is 0 Å². The minimum atomic E-state index is -0.882. The van der Waals surface area contributed by atoms with Crippen LogP contribution in [0.5, 0.6) is 0 Å². The summed E-state index contributed by atoms with van der Waals surface area (Å²) in [6.45, 7) is 0.578. The number of halogens is 1. The Morgan fingerprint density at radius 1 is 1.36 bits per heavy atom. The van der Waals surface area contributed by atoms with E-state index in [2.05, 4.69) is 0 Å². The third-order valence-corrected chi connectivity index (χ3v) is 4.68. The fourth-order valence-electron chi connectivity index (χ4n) is 3.24. The van der Waals surface area contributed by atoms with E-state index in [9.17, 15) is 9.59 Å². The van der Waals surface area contributed by atoms with Crippen LogP contribution in [0.3, 0.4) is 0 Å². The number of hydrogen-bond acceptors (Lipinski definition) is 2. The molecule has 1 fully saturated rings. The summed E-state index contributed by atoms with van der Waals surface area (Å²) in [5.41, 5.74) is 1.32. The van der Waals surface area contributed by atoms with Gasteiger partial charge >= 0.3 is 5.97 Å². The number of aromatic nitrogens is 1. The minimum absolute atomic E-state index is 0.0205. The van der Waals surface area contributed by atoms with Gasteiger partial charge in [0.2, 0.25) is 0 Å². The molecule has 1 amide bonds. The normalized spacial score (nSPS) is 18.1. The second kappa shape index (κ2) is 5.65. The van der Waals surface area contributed by atoms with Crippen molar-refractivity contribution in [2.24, 2.45) is 7.05 Å². The van der Waals surface area contributed by atoms with Gasteiger partial charge in [-0.3, -0.25) is 9.59 Å². The number of aryl methyl sites for hydroxylation is 1. The first-order chi connectivity index (χ1) is 10.5. The summed E-state index contributed by atoms with van der Waals surface area (Å²) in [4.78, 5) is 25.5. The Bertz CT molecular complexity index is 714. The van der Waals surface area contributed by atoms with Crippen molar-refractivity contribution in [2.75, 3.05) is 6.54 Å². The highest BCUT2D eigenvalue weighted by Gasteiger charge is 2.33. The van der Waals surface area contributed by atoms with Crippen molar-refractivity contribution in [3.8, 4) is 0 Å². The summed E-state index contributed by atoms with van der Waals surface area (Å²) in [5, 5.41) is 10.3. The molecule has 2 heterocycles. The van der Waals surface area contributed by atoms with Crippen molar-refractivity contribution in [1.82, 2.24) is 9.47 Å². The molecule has 1 aromatic carbocycles. The van der Waals surface area contributed by atoms with E-state index in [-0.39, 0.29) is 18.4 Å². The van der Waals surface area contributed by atoms with Gasteiger partial charge in [0, 0.05) is 30.5 Å². The quantitative estimate of drug-likeness (QED) is 0.945. The maximum atomic E-state index is 12.9. The SMILES string of the molecule is Cn1c(C(=O)N2CCCC2CC(=O)O)c(Cl)c2ccccc21. The monoisotopic (exact) mass is 320 g/mol. The first-order valence-corrected chi connectivity index (χ1v) is 7.64. The number of aliphatic carboxylic acids is 1. The van der Waals surface area contributed by atoms with Gasteiger partial charge in [0.25, 0.3) is 5.91 Å². The van der Waals surface area contributed by atoms with Crippen molar-refractivity contribution in [3.63, 3.8) is 0 Å². The van der Waals surface area contributed by atoms with Crippen LogP contribution in [0.25, 0.3) is 10.9 Å². The van der Waals surface area contributed by atoms with Gasteiger partial charge in [0.15, 0.2) is 0 Å². The molecule has 0 saturated carbocycles. The van der Waals surface area contributed by atoms with E-state index in [4.69, 9.17) is 16.7 Å². The van der Waals surface area contributed by atoms with Crippen molar-refractivity contribution >= 4 is 34.4 Å². The van der Waals surface area contributed by atoms with E-state index in [1.54, 1.807) is 9.47 Å². The third kappa shape index (κ3) is 2.35. The second-order valence-corrected chi connectivity index (χ2v) is 6.01. The van der Waals surface area contributed by atoms with Crippen LogP contribution in [0.1, 0.15) is 29.8 Å². The molecule has 6 heteroatoms. The summed E-state index contributed by atoms with van der Waals surface area (Å²) < 4.78 is 1.79. The van der Waals surface area contributed by atoms with Crippen molar-refractivity contribution in [2.45, 2.75) is 25.3 Å². The number of amides is 1. The van der Waals surface area contributed by atoms with Crippen LogP contribution >= 0.6 is 11.6 Å². The molecule has 1 aliphatic rings. The van der Waals surface area contributed by atoms with E-state index in [0.29, 0.717) is 17.3 Å². The molecule has 0 aliphatic carbocycles. The van der Waals surface area contributed by atoms with Crippen LogP contribution in [-0.2, 0) is 11.8 Å². The Morgan fingerprint density at radius 2 is 2.09 bits per heavy atom. The highest BCUT2D eigenvalue weighted by molar-refractivity contribution is 6.38. The van der Waals surface area contributed by atoms with Gasteiger partial charge in [-0.15, -0.1) is 0 Å². The highest BCUT2D eigenvalue weighted by atomic mass is 35.5. The van der Waals surface area contributed by atoms with Gasteiger partial charge < -0.3 is 14.6 Å². The zero-order chi connectivity index (χ0) is 15.9. The van der Waals surface area contributed by atoms with Crippen LogP contribution in [0, 0.1) is 0 Å². The molecule has 1 atom stereocenters. The summed E-state index contributed by atoms with van der Waals surface area (Å²) >= 11 is 6.40. The number of benzene rings is 1. The number of rotatable bonds is 3. The van der Waals surface area contributed by atoms with Crippen LogP contribution < -0.4 is 0 Å². The predicted molar refractivity (Wildman–Crippen MR) is 84.2 cm³/mol. The summed E-state index contributed by atoms with van der Waals surface area (Å²) in [6, 6.07) is 7.32. The van der Waals surface area contributed by atoms with Crippen molar-refractivity contribution in [3.05, 3.63) is 35.0 Å². The van der Waals surface area contributed by atoms with Gasteiger partial charge in [-0.2, -0.15) is 0 Å². The first kappa shape index (κ1) is 14.9. The zero-order valence-corrected chi connectivity index (χ0v) is 13.0. The number of para-hydroxylation sites is 1. The number of carbonyl (C=O) groups is 2. The minimum Gasteiger partial charge on any atom is -0.481 e. The van der Waals surface area contributed by atoms with E-state index in [0.717, 1.165) is 23.7 Å². The molecular formula is C16H17ClN2O3. The summed E-state index contributed by atoms with van der Waals surface area (Å²) in [7, 11) is 1.81. The lowest BCUT2D eigenvalue weighted by molar-refractivity contribution is -0.137. The molecule has 116 valence electrons. The molecule has 3 rings (SSSR count). The molecule has 5 nitrogen and oxygen atoms in total. The Kier molecular flexibility index (Phi) is 3.83. The van der Waals surface area contributed by atoms with Crippen LogP contribution in [-0.4, -0.2) is 39.0 Å². The molecule has 1 saturated heterocycles. The maximum absolute atomic E-state index is 12.9. The Labute approximate surface area is 133 Å². The molecule has 0 bridgehead atoms. The number of fused-ring (bicyclic) bond motifs is 1. The van der Waals surface area contributed by atoms with E-state index >= 15 is 0 Å². The van der Waals surface area contributed by atoms with E-state index in [1.807, 2.05) is 31.3 Å². The number of carboxylic acid groups (broad SMARTS) is 1.